The third kappa shape index (κ3) is 3.84. The van der Waals surface area contributed by atoms with E-state index in [4.69, 9.17) is 14.2 Å². The molecule has 2 rings (SSSR count). The summed E-state index contributed by atoms with van der Waals surface area (Å²) in [5.41, 5.74) is 1.16. The summed E-state index contributed by atoms with van der Waals surface area (Å²) in [6.07, 6.45) is 1.15. The summed E-state index contributed by atoms with van der Waals surface area (Å²) in [4.78, 5) is 0. The van der Waals surface area contributed by atoms with Gasteiger partial charge in [0.25, 0.3) is 0 Å². The molecule has 1 aliphatic rings. The zero-order valence-corrected chi connectivity index (χ0v) is 13.0. The fourth-order valence-electron chi connectivity index (χ4n) is 2.19. The number of hydrogen-bond acceptors (Lipinski definition) is 4. The molecule has 0 aromatic heterocycles. The topological polar surface area (TPSA) is 39.7 Å². The highest BCUT2D eigenvalue weighted by Gasteiger charge is 2.15. The number of nitrogens with one attached hydrogen (secondary N) is 1. The fourth-order valence-corrected chi connectivity index (χ4v) is 2.65. The summed E-state index contributed by atoms with van der Waals surface area (Å²) in [6.45, 7) is 3.56. The van der Waals surface area contributed by atoms with Gasteiger partial charge in [-0.25, -0.2) is 0 Å². The molecule has 0 spiro atoms. The van der Waals surface area contributed by atoms with Crippen molar-refractivity contribution in [3.05, 3.63) is 22.2 Å². The van der Waals surface area contributed by atoms with Crippen LogP contribution in [0.15, 0.2) is 16.6 Å². The van der Waals surface area contributed by atoms with Crippen molar-refractivity contribution in [1.29, 1.82) is 0 Å². The SMILES string of the molecule is COc1cc(Br)c(CNCC2CCOC2)cc1OC. The minimum absolute atomic E-state index is 0.638. The third-order valence-electron chi connectivity index (χ3n) is 3.33. The Morgan fingerprint density at radius 1 is 1.32 bits per heavy atom. The highest BCUT2D eigenvalue weighted by atomic mass is 79.9. The fraction of sp³-hybridized carbons (Fsp3) is 0.571. The van der Waals surface area contributed by atoms with E-state index in [9.17, 15) is 0 Å². The van der Waals surface area contributed by atoms with Crippen LogP contribution in [0, 0.1) is 5.92 Å². The molecular formula is C14H20BrNO3. The van der Waals surface area contributed by atoms with Crippen molar-refractivity contribution in [3.63, 3.8) is 0 Å². The standard InChI is InChI=1S/C14H20BrNO3/c1-17-13-5-11(12(15)6-14(13)18-2)8-16-7-10-3-4-19-9-10/h5-6,10,16H,3-4,7-9H2,1-2H3. The van der Waals surface area contributed by atoms with Crippen LogP contribution in [0.2, 0.25) is 0 Å². The van der Waals surface area contributed by atoms with Crippen LogP contribution in [0.25, 0.3) is 0 Å². The van der Waals surface area contributed by atoms with Crippen molar-refractivity contribution in [2.45, 2.75) is 13.0 Å². The third-order valence-corrected chi connectivity index (χ3v) is 4.06. The molecule has 1 aliphatic heterocycles. The maximum atomic E-state index is 5.36. The van der Waals surface area contributed by atoms with Gasteiger partial charge in [-0.1, -0.05) is 15.9 Å². The first-order valence-corrected chi connectivity index (χ1v) is 7.22. The van der Waals surface area contributed by atoms with E-state index in [1.54, 1.807) is 14.2 Å². The molecule has 19 heavy (non-hydrogen) atoms. The molecule has 0 bridgehead atoms. The van der Waals surface area contributed by atoms with E-state index < -0.39 is 0 Å². The molecule has 0 aliphatic carbocycles. The first-order chi connectivity index (χ1) is 9.24. The minimum Gasteiger partial charge on any atom is -0.493 e. The zero-order valence-electron chi connectivity index (χ0n) is 11.4. The molecule has 106 valence electrons. The van der Waals surface area contributed by atoms with Gasteiger partial charge in [-0.2, -0.15) is 0 Å². The molecule has 4 nitrogen and oxygen atoms in total. The summed E-state index contributed by atoms with van der Waals surface area (Å²) in [5.74, 6) is 2.13. The summed E-state index contributed by atoms with van der Waals surface area (Å²) in [5, 5.41) is 3.47. The molecule has 1 saturated heterocycles. The maximum Gasteiger partial charge on any atom is 0.161 e. The summed E-state index contributed by atoms with van der Waals surface area (Å²) in [6, 6.07) is 3.94. The van der Waals surface area contributed by atoms with Gasteiger partial charge < -0.3 is 19.5 Å². The van der Waals surface area contributed by atoms with Crippen molar-refractivity contribution < 1.29 is 14.2 Å². The lowest BCUT2D eigenvalue weighted by Crippen LogP contribution is -2.22. The van der Waals surface area contributed by atoms with Gasteiger partial charge in [-0.3, -0.25) is 0 Å². The van der Waals surface area contributed by atoms with Crippen molar-refractivity contribution in [2.75, 3.05) is 34.0 Å². The molecule has 1 unspecified atom stereocenters. The molecule has 0 radical (unpaired) electrons. The Morgan fingerprint density at radius 2 is 2.05 bits per heavy atom. The lowest BCUT2D eigenvalue weighted by Gasteiger charge is -2.13. The predicted molar refractivity (Wildman–Crippen MR) is 77.9 cm³/mol. The van der Waals surface area contributed by atoms with Crippen LogP contribution in [0.3, 0.4) is 0 Å². The Labute approximate surface area is 122 Å². The average molecular weight is 330 g/mol. The van der Waals surface area contributed by atoms with Gasteiger partial charge in [-0.15, -0.1) is 0 Å². The predicted octanol–water partition coefficient (Wildman–Crippen LogP) is 2.59. The van der Waals surface area contributed by atoms with Crippen molar-refractivity contribution in [3.8, 4) is 11.5 Å². The van der Waals surface area contributed by atoms with E-state index in [0.717, 1.165) is 54.3 Å². The molecule has 0 saturated carbocycles. The average Bonchev–Trinajstić information content (AvgIpc) is 2.93. The monoisotopic (exact) mass is 329 g/mol. The largest absolute Gasteiger partial charge is 0.493 e. The van der Waals surface area contributed by atoms with E-state index in [1.807, 2.05) is 12.1 Å². The second-order valence-corrected chi connectivity index (χ2v) is 5.51. The summed E-state index contributed by atoms with van der Waals surface area (Å²) >= 11 is 3.56. The lowest BCUT2D eigenvalue weighted by atomic mass is 10.1. The zero-order chi connectivity index (χ0) is 13.7. The summed E-state index contributed by atoms with van der Waals surface area (Å²) < 4.78 is 17.0. The van der Waals surface area contributed by atoms with Crippen molar-refractivity contribution in [1.82, 2.24) is 5.32 Å². The number of hydrogen-bond donors (Lipinski definition) is 1. The minimum atomic E-state index is 0.638. The van der Waals surface area contributed by atoms with Crippen molar-refractivity contribution in [2.24, 2.45) is 5.92 Å². The van der Waals surface area contributed by atoms with Crippen LogP contribution in [0.1, 0.15) is 12.0 Å². The number of rotatable bonds is 6. The molecule has 1 aromatic rings. The Morgan fingerprint density at radius 3 is 2.68 bits per heavy atom. The second kappa shape index (κ2) is 7.12. The van der Waals surface area contributed by atoms with E-state index in [2.05, 4.69) is 21.2 Å². The second-order valence-electron chi connectivity index (χ2n) is 4.66. The van der Waals surface area contributed by atoms with Gasteiger partial charge in [-0.05, 0) is 30.0 Å². The van der Waals surface area contributed by atoms with Crippen LogP contribution < -0.4 is 14.8 Å². The molecular weight excluding hydrogens is 310 g/mol. The first-order valence-electron chi connectivity index (χ1n) is 6.43. The molecule has 1 heterocycles. The quantitative estimate of drug-likeness (QED) is 0.870. The lowest BCUT2D eigenvalue weighted by molar-refractivity contribution is 0.185. The molecule has 0 amide bonds. The van der Waals surface area contributed by atoms with Gasteiger partial charge in [0, 0.05) is 24.2 Å². The van der Waals surface area contributed by atoms with Gasteiger partial charge in [0.2, 0.25) is 0 Å². The molecule has 1 aromatic carbocycles. The Kier molecular flexibility index (Phi) is 5.48. The highest BCUT2D eigenvalue weighted by molar-refractivity contribution is 9.10. The van der Waals surface area contributed by atoms with Crippen LogP contribution in [-0.4, -0.2) is 34.0 Å². The smallest absolute Gasteiger partial charge is 0.161 e. The van der Waals surface area contributed by atoms with E-state index in [1.165, 1.54) is 0 Å². The highest BCUT2D eigenvalue weighted by Crippen LogP contribution is 2.33. The first kappa shape index (κ1) is 14.6. The van der Waals surface area contributed by atoms with E-state index in [-0.39, 0.29) is 0 Å². The van der Waals surface area contributed by atoms with Crippen LogP contribution >= 0.6 is 15.9 Å². The van der Waals surface area contributed by atoms with Crippen molar-refractivity contribution >= 4 is 15.9 Å². The van der Waals surface area contributed by atoms with Crippen LogP contribution in [-0.2, 0) is 11.3 Å². The normalized spacial score (nSPS) is 18.6. The summed E-state index contributed by atoms with van der Waals surface area (Å²) in [7, 11) is 3.29. The number of halogens is 1. The number of methoxy groups -OCH3 is 2. The molecule has 1 fully saturated rings. The van der Waals surface area contributed by atoms with Gasteiger partial charge in [0.15, 0.2) is 11.5 Å². The van der Waals surface area contributed by atoms with Gasteiger partial charge in [0.05, 0.1) is 20.8 Å². The van der Waals surface area contributed by atoms with Crippen LogP contribution in [0.4, 0.5) is 0 Å². The van der Waals surface area contributed by atoms with Crippen LogP contribution in [0.5, 0.6) is 11.5 Å². The van der Waals surface area contributed by atoms with Gasteiger partial charge in [0.1, 0.15) is 0 Å². The Hall–Kier alpha value is -0.780. The maximum absolute atomic E-state index is 5.36. The molecule has 1 atom stereocenters. The van der Waals surface area contributed by atoms with E-state index >= 15 is 0 Å². The number of ether oxygens (including phenoxy) is 3. The Balaban J connectivity index is 1.95. The molecule has 5 heteroatoms. The Bertz CT molecular complexity index is 419. The number of benzene rings is 1. The molecule has 1 N–H and O–H groups in total. The van der Waals surface area contributed by atoms with E-state index in [0.29, 0.717) is 5.92 Å². The van der Waals surface area contributed by atoms with Gasteiger partial charge >= 0.3 is 0 Å².